The minimum atomic E-state index is -0.365. The summed E-state index contributed by atoms with van der Waals surface area (Å²) < 4.78 is 10.3. The van der Waals surface area contributed by atoms with Gasteiger partial charge in [0.1, 0.15) is 0 Å². The van der Waals surface area contributed by atoms with Gasteiger partial charge in [0.05, 0.1) is 30.0 Å². The second-order valence-corrected chi connectivity index (χ2v) is 5.65. The molecule has 2 rings (SSSR count). The first kappa shape index (κ1) is 18.1. The Hall–Kier alpha value is -2.24. The molecule has 0 saturated heterocycles. The van der Waals surface area contributed by atoms with Crippen LogP contribution in [0.3, 0.4) is 0 Å². The van der Waals surface area contributed by atoms with E-state index in [0.717, 1.165) is 5.56 Å². The number of nitrogens with one attached hydrogen (secondary N) is 1. The highest BCUT2D eigenvalue weighted by Gasteiger charge is 2.10. The highest BCUT2D eigenvalue weighted by Crippen LogP contribution is 2.27. The molecule has 5 nitrogen and oxygen atoms in total. The largest absolute Gasteiger partial charge is 0.493 e. The van der Waals surface area contributed by atoms with Crippen LogP contribution in [0.1, 0.15) is 22.8 Å². The van der Waals surface area contributed by atoms with Crippen molar-refractivity contribution in [3.63, 3.8) is 0 Å². The van der Waals surface area contributed by atoms with E-state index in [9.17, 15) is 4.79 Å². The number of hydrogen-bond acceptors (Lipinski definition) is 4. The molecule has 1 N–H and O–H groups in total. The van der Waals surface area contributed by atoms with Crippen LogP contribution in [-0.2, 0) is 0 Å². The van der Waals surface area contributed by atoms with Gasteiger partial charge in [-0.3, -0.25) is 4.79 Å². The molecule has 0 atom stereocenters. The summed E-state index contributed by atoms with van der Waals surface area (Å²) in [4.78, 5) is 12.2. The van der Waals surface area contributed by atoms with Crippen molar-refractivity contribution in [3.05, 3.63) is 57.6 Å². The quantitative estimate of drug-likeness (QED) is 0.638. The maximum Gasteiger partial charge on any atom is 0.271 e. The van der Waals surface area contributed by atoms with E-state index in [1.165, 1.54) is 14.2 Å². The van der Waals surface area contributed by atoms with Crippen LogP contribution in [0.15, 0.2) is 41.5 Å². The summed E-state index contributed by atoms with van der Waals surface area (Å²) in [6, 6.07) is 10.00. The zero-order valence-electron chi connectivity index (χ0n) is 13.4. The molecule has 0 saturated carbocycles. The second kappa shape index (κ2) is 8.04. The van der Waals surface area contributed by atoms with Crippen molar-refractivity contribution in [2.75, 3.05) is 14.2 Å². The number of hydrazone groups is 1. The lowest BCUT2D eigenvalue weighted by Gasteiger charge is -2.09. The lowest BCUT2D eigenvalue weighted by molar-refractivity contribution is 0.0954. The molecule has 0 heterocycles. The predicted octanol–water partition coefficient (Wildman–Crippen LogP) is 4.16. The highest BCUT2D eigenvalue weighted by molar-refractivity contribution is 6.42. The van der Waals surface area contributed by atoms with E-state index < -0.39 is 0 Å². The molecule has 0 aliphatic heterocycles. The fraction of sp³-hybridized carbons (Fsp3) is 0.176. The van der Waals surface area contributed by atoms with Gasteiger partial charge in [-0.1, -0.05) is 29.3 Å². The summed E-state index contributed by atoms with van der Waals surface area (Å²) in [5.74, 6) is 0.648. The smallest absolute Gasteiger partial charge is 0.271 e. The normalized spacial score (nSPS) is 11.1. The van der Waals surface area contributed by atoms with Crippen LogP contribution in [-0.4, -0.2) is 25.8 Å². The van der Waals surface area contributed by atoms with Gasteiger partial charge in [-0.2, -0.15) is 5.10 Å². The molecule has 7 heteroatoms. The van der Waals surface area contributed by atoms with E-state index in [1.807, 2.05) is 0 Å². The molecule has 0 aromatic heterocycles. The lowest BCUT2D eigenvalue weighted by atomic mass is 10.1. The Kier molecular flexibility index (Phi) is 6.06. The van der Waals surface area contributed by atoms with Crippen molar-refractivity contribution in [3.8, 4) is 11.5 Å². The third-order valence-corrected chi connectivity index (χ3v) is 4.05. The van der Waals surface area contributed by atoms with E-state index in [2.05, 4.69) is 10.5 Å². The summed E-state index contributed by atoms with van der Waals surface area (Å²) in [6.45, 7) is 1.76. The minimum Gasteiger partial charge on any atom is -0.493 e. The van der Waals surface area contributed by atoms with E-state index in [4.69, 9.17) is 32.7 Å². The zero-order chi connectivity index (χ0) is 17.7. The third-order valence-electron chi connectivity index (χ3n) is 3.31. The molecule has 2 aromatic rings. The predicted molar refractivity (Wildman–Crippen MR) is 95.7 cm³/mol. The van der Waals surface area contributed by atoms with E-state index in [-0.39, 0.29) is 5.91 Å². The summed E-state index contributed by atoms with van der Waals surface area (Å²) in [5.41, 5.74) is 4.26. The Bertz CT molecular complexity index is 791. The van der Waals surface area contributed by atoms with Gasteiger partial charge in [-0.25, -0.2) is 5.43 Å². The molecule has 0 radical (unpaired) electrons. The van der Waals surface area contributed by atoms with Crippen LogP contribution in [0, 0.1) is 0 Å². The molecule has 0 aliphatic rings. The number of halogens is 2. The maximum atomic E-state index is 12.2. The second-order valence-electron chi connectivity index (χ2n) is 4.84. The third kappa shape index (κ3) is 4.19. The number of nitrogens with zero attached hydrogens (tertiary/aromatic N) is 1. The first-order valence-electron chi connectivity index (χ1n) is 6.98. The Morgan fingerprint density at radius 2 is 1.62 bits per heavy atom. The first-order valence-corrected chi connectivity index (χ1v) is 7.74. The number of methoxy groups -OCH3 is 2. The molecule has 0 bridgehead atoms. The molecule has 126 valence electrons. The monoisotopic (exact) mass is 366 g/mol. The molecule has 0 fully saturated rings. The van der Waals surface area contributed by atoms with Gasteiger partial charge in [-0.15, -0.1) is 0 Å². The van der Waals surface area contributed by atoms with Crippen LogP contribution < -0.4 is 14.9 Å². The van der Waals surface area contributed by atoms with Gasteiger partial charge < -0.3 is 9.47 Å². The van der Waals surface area contributed by atoms with Crippen molar-refractivity contribution in [2.24, 2.45) is 5.10 Å². The molecule has 0 spiro atoms. The summed E-state index contributed by atoms with van der Waals surface area (Å²) in [7, 11) is 3.04. The van der Waals surface area contributed by atoms with Gasteiger partial charge in [0.2, 0.25) is 0 Å². The van der Waals surface area contributed by atoms with Crippen LogP contribution in [0.4, 0.5) is 0 Å². The molecular formula is C17H16Cl2N2O3. The van der Waals surface area contributed by atoms with Gasteiger partial charge in [0.15, 0.2) is 11.5 Å². The number of ether oxygens (including phenoxy) is 2. The number of carbonyl (C=O) groups excluding carboxylic acids is 1. The van der Waals surface area contributed by atoms with Crippen LogP contribution in [0.5, 0.6) is 11.5 Å². The van der Waals surface area contributed by atoms with Crippen LogP contribution in [0.25, 0.3) is 0 Å². The van der Waals surface area contributed by atoms with Crippen LogP contribution in [0.2, 0.25) is 10.0 Å². The van der Waals surface area contributed by atoms with Crippen LogP contribution >= 0.6 is 23.2 Å². The standard InChI is InChI=1S/C17H16Cl2N2O3/c1-10(11-4-6-13(18)14(19)8-11)20-21-17(22)12-5-7-15(23-2)16(9-12)24-3/h4-9H,1-3H3,(H,21,22). The summed E-state index contributed by atoms with van der Waals surface area (Å²) in [5, 5.41) is 4.97. The lowest BCUT2D eigenvalue weighted by Crippen LogP contribution is -2.19. The van der Waals surface area contributed by atoms with Crippen molar-refractivity contribution in [1.82, 2.24) is 5.43 Å². The topological polar surface area (TPSA) is 59.9 Å². The number of hydrogen-bond donors (Lipinski definition) is 1. The molecule has 1 amide bonds. The fourth-order valence-corrected chi connectivity index (χ4v) is 2.26. The van der Waals surface area contributed by atoms with Crippen molar-refractivity contribution >= 4 is 34.8 Å². The number of rotatable bonds is 5. The molecule has 24 heavy (non-hydrogen) atoms. The molecule has 0 aliphatic carbocycles. The van der Waals surface area contributed by atoms with Gasteiger partial charge in [-0.05, 0) is 42.8 Å². The molecule has 0 unspecified atom stereocenters. The molecular weight excluding hydrogens is 351 g/mol. The first-order chi connectivity index (χ1) is 11.5. The van der Waals surface area contributed by atoms with E-state index in [0.29, 0.717) is 32.8 Å². The van der Waals surface area contributed by atoms with Gasteiger partial charge in [0, 0.05) is 5.56 Å². The Morgan fingerprint density at radius 1 is 0.958 bits per heavy atom. The molecule has 2 aromatic carbocycles. The van der Waals surface area contributed by atoms with Crippen molar-refractivity contribution in [1.29, 1.82) is 0 Å². The average Bonchev–Trinajstić information content (AvgIpc) is 2.60. The Labute approximate surface area is 150 Å². The minimum absolute atomic E-state index is 0.365. The Balaban J connectivity index is 2.15. The van der Waals surface area contributed by atoms with Gasteiger partial charge >= 0.3 is 0 Å². The van der Waals surface area contributed by atoms with Crippen molar-refractivity contribution in [2.45, 2.75) is 6.92 Å². The summed E-state index contributed by atoms with van der Waals surface area (Å²) in [6.07, 6.45) is 0. The highest BCUT2D eigenvalue weighted by atomic mass is 35.5. The SMILES string of the molecule is COc1ccc(C(=O)NN=C(C)c2ccc(Cl)c(Cl)c2)cc1OC. The van der Waals surface area contributed by atoms with Crippen molar-refractivity contribution < 1.29 is 14.3 Å². The summed E-state index contributed by atoms with van der Waals surface area (Å²) >= 11 is 11.9. The average molecular weight is 367 g/mol. The van der Waals surface area contributed by atoms with E-state index >= 15 is 0 Å². The Morgan fingerprint density at radius 3 is 2.25 bits per heavy atom. The zero-order valence-corrected chi connectivity index (χ0v) is 14.9. The van der Waals surface area contributed by atoms with E-state index in [1.54, 1.807) is 43.3 Å². The number of benzene rings is 2. The number of amides is 1. The van der Waals surface area contributed by atoms with Gasteiger partial charge in [0.25, 0.3) is 5.91 Å². The fourth-order valence-electron chi connectivity index (χ4n) is 1.96. The number of carbonyl (C=O) groups is 1. The maximum absolute atomic E-state index is 12.2.